The molecule has 4 rings (SSSR count). The smallest absolute Gasteiger partial charge is 0.261 e. The lowest BCUT2D eigenvalue weighted by Crippen LogP contribution is -2.34. The number of rotatable bonds is 6. The summed E-state index contributed by atoms with van der Waals surface area (Å²) >= 11 is 1.48. The molecule has 0 aliphatic rings. The molecule has 0 bridgehead atoms. The molecule has 0 aliphatic carbocycles. The van der Waals surface area contributed by atoms with Gasteiger partial charge in [-0.05, 0) is 44.8 Å². The standard InChI is InChI=1S/C23H24N4OS/c1-16-19-14-21(29-23(19)27(25-16)18-12-8-5-9-13-18)22(28)24-20(15-26(2)3)17-10-6-4-7-11-17/h4-14,20H,15H2,1-3H3,(H,24,28)/t20-/m1/s1. The second-order valence-corrected chi connectivity index (χ2v) is 8.39. The first kappa shape index (κ1) is 19.4. The summed E-state index contributed by atoms with van der Waals surface area (Å²) in [6.45, 7) is 2.71. The molecule has 4 aromatic rings. The summed E-state index contributed by atoms with van der Waals surface area (Å²) in [6.07, 6.45) is 0. The molecule has 0 radical (unpaired) electrons. The molecule has 29 heavy (non-hydrogen) atoms. The zero-order valence-corrected chi connectivity index (χ0v) is 17.6. The van der Waals surface area contributed by atoms with E-state index in [-0.39, 0.29) is 11.9 Å². The fourth-order valence-electron chi connectivity index (χ4n) is 3.42. The van der Waals surface area contributed by atoms with E-state index in [1.807, 2.05) is 80.3 Å². The first-order valence-corrected chi connectivity index (χ1v) is 10.4. The van der Waals surface area contributed by atoms with Gasteiger partial charge in [0.1, 0.15) is 4.83 Å². The van der Waals surface area contributed by atoms with Crippen LogP contribution in [0.3, 0.4) is 0 Å². The molecule has 0 aliphatic heterocycles. The molecule has 1 atom stereocenters. The number of aryl methyl sites for hydroxylation is 1. The number of hydrogen-bond acceptors (Lipinski definition) is 4. The van der Waals surface area contributed by atoms with Gasteiger partial charge in [-0.15, -0.1) is 11.3 Å². The van der Waals surface area contributed by atoms with Gasteiger partial charge in [-0.3, -0.25) is 4.79 Å². The third-order valence-electron chi connectivity index (χ3n) is 4.82. The normalized spacial score (nSPS) is 12.4. The number of benzene rings is 2. The van der Waals surface area contributed by atoms with E-state index < -0.39 is 0 Å². The topological polar surface area (TPSA) is 50.2 Å². The van der Waals surface area contributed by atoms with Crippen molar-refractivity contribution >= 4 is 27.5 Å². The lowest BCUT2D eigenvalue weighted by molar-refractivity contribution is 0.0934. The van der Waals surface area contributed by atoms with E-state index in [0.29, 0.717) is 4.88 Å². The average Bonchev–Trinajstić information content (AvgIpc) is 3.29. The number of para-hydroxylation sites is 1. The number of nitrogens with one attached hydrogen (secondary N) is 1. The summed E-state index contributed by atoms with van der Waals surface area (Å²) in [6, 6.07) is 22.0. The minimum absolute atomic E-state index is 0.0547. The zero-order valence-electron chi connectivity index (χ0n) is 16.8. The number of carbonyl (C=O) groups is 1. The van der Waals surface area contributed by atoms with Gasteiger partial charge < -0.3 is 10.2 Å². The first-order valence-electron chi connectivity index (χ1n) is 9.58. The molecule has 6 heteroatoms. The summed E-state index contributed by atoms with van der Waals surface area (Å²) in [4.78, 5) is 16.9. The van der Waals surface area contributed by atoms with Gasteiger partial charge in [0.15, 0.2) is 0 Å². The first-order chi connectivity index (χ1) is 14.0. The van der Waals surface area contributed by atoms with Crippen molar-refractivity contribution < 1.29 is 4.79 Å². The Kier molecular flexibility index (Phi) is 5.47. The highest BCUT2D eigenvalue weighted by atomic mass is 32.1. The molecule has 0 spiro atoms. The van der Waals surface area contributed by atoms with E-state index in [9.17, 15) is 4.79 Å². The van der Waals surface area contributed by atoms with Crippen molar-refractivity contribution in [1.29, 1.82) is 0 Å². The summed E-state index contributed by atoms with van der Waals surface area (Å²) in [5.41, 5.74) is 3.02. The van der Waals surface area contributed by atoms with E-state index in [1.54, 1.807) is 0 Å². The van der Waals surface area contributed by atoms with Gasteiger partial charge in [0.25, 0.3) is 5.91 Å². The van der Waals surface area contributed by atoms with Crippen LogP contribution in [0.15, 0.2) is 66.7 Å². The van der Waals surface area contributed by atoms with Gasteiger partial charge in [0.2, 0.25) is 0 Å². The van der Waals surface area contributed by atoms with Gasteiger partial charge in [0.05, 0.1) is 22.3 Å². The molecule has 148 valence electrons. The zero-order chi connectivity index (χ0) is 20.4. The minimum Gasteiger partial charge on any atom is -0.343 e. The van der Waals surface area contributed by atoms with Crippen LogP contribution in [0.2, 0.25) is 0 Å². The highest BCUT2D eigenvalue weighted by molar-refractivity contribution is 7.20. The molecular weight excluding hydrogens is 380 g/mol. The highest BCUT2D eigenvalue weighted by Crippen LogP contribution is 2.30. The van der Waals surface area contributed by atoms with Crippen molar-refractivity contribution in [2.45, 2.75) is 13.0 Å². The number of nitrogens with zero attached hydrogens (tertiary/aromatic N) is 3. The van der Waals surface area contributed by atoms with Crippen LogP contribution in [0, 0.1) is 6.92 Å². The predicted octanol–water partition coefficient (Wildman–Crippen LogP) is 4.43. The third-order valence-corrected chi connectivity index (χ3v) is 5.93. The number of aromatic nitrogens is 2. The summed E-state index contributed by atoms with van der Waals surface area (Å²) < 4.78 is 1.92. The number of likely N-dealkylation sites (N-methyl/N-ethyl adjacent to an activating group) is 1. The molecule has 2 aromatic heterocycles. The molecule has 0 fully saturated rings. The van der Waals surface area contributed by atoms with Crippen LogP contribution >= 0.6 is 11.3 Å². The maximum atomic E-state index is 13.1. The maximum absolute atomic E-state index is 13.1. The lowest BCUT2D eigenvalue weighted by atomic mass is 10.1. The van der Waals surface area contributed by atoms with E-state index in [2.05, 4.69) is 27.4 Å². The molecule has 1 N–H and O–H groups in total. The number of amides is 1. The van der Waals surface area contributed by atoms with Gasteiger partial charge in [-0.2, -0.15) is 5.10 Å². The monoisotopic (exact) mass is 404 g/mol. The lowest BCUT2D eigenvalue weighted by Gasteiger charge is -2.22. The Morgan fingerprint density at radius 2 is 1.76 bits per heavy atom. The van der Waals surface area contributed by atoms with E-state index >= 15 is 0 Å². The Morgan fingerprint density at radius 1 is 1.10 bits per heavy atom. The summed E-state index contributed by atoms with van der Waals surface area (Å²) in [7, 11) is 4.03. The van der Waals surface area contributed by atoms with Crippen molar-refractivity contribution in [3.63, 3.8) is 0 Å². The highest BCUT2D eigenvalue weighted by Gasteiger charge is 2.21. The van der Waals surface area contributed by atoms with Crippen LogP contribution in [0.1, 0.15) is 27.0 Å². The van der Waals surface area contributed by atoms with Crippen molar-refractivity contribution in [3.05, 3.63) is 82.9 Å². The van der Waals surface area contributed by atoms with Crippen LogP contribution in [-0.4, -0.2) is 41.2 Å². The number of carbonyl (C=O) groups excluding carboxylic acids is 1. The van der Waals surface area contributed by atoms with Crippen LogP contribution in [0.5, 0.6) is 0 Å². The number of hydrogen-bond donors (Lipinski definition) is 1. The molecule has 2 aromatic carbocycles. The van der Waals surface area contributed by atoms with Crippen LogP contribution in [0.4, 0.5) is 0 Å². The van der Waals surface area contributed by atoms with E-state index in [1.165, 1.54) is 11.3 Å². The van der Waals surface area contributed by atoms with Crippen molar-refractivity contribution in [3.8, 4) is 5.69 Å². The molecular formula is C23H24N4OS. The van der Waals surface area contributed by atoms with Gasteiger partial charge in [-0.25, -0.2) is 4.68 Å². The SMILES string of the molecule is Cc1nn(-c2ccccc2)c2sc(C(=O)N[C@H](CN(C)C)c3ccccc3)cc12. The number of thiophene rings is 1. The quantitative estimate of drug-likeness (QED) is 0.517. The average molecular weight is 405 g/mol. The molecule has 0 saturated carbocycles. The fraction of sp³-hybridized carbons (Fsp3) is 0.217. The largest absolute Gasteiger partial charge is 0.343 e. The van der Waals surface area contributed by atoms with Crippen molar-refractivity contribution in [2.75, 3.05) is 20.6 Å². The summed E-state index contributed by atoms with van der Waals surface area (Å²) in [5.74, 6) is -0.0547. The third kappa shape index (κ3) is 4.09. The Morgan fingerprint density at radius 3 is 2.41 bits per heavy atom. The molecule has 0 unspecified atom stereocenters. The Labute approximate surface area is 174 Å². The number of fused-ring (bicyclic) bond motifs is 1. The second-order valence-electron chi connectivity index (χ2n) is 7.36. The van der Waals surface area contributed by atoms with Crippen LogP contribution < -0.4 is 5.32 Å². The Hall–Kier alpha value is -2.96. The van der Waals surface area contributed by atoms with Crippen LogP contribution in [0.25, 0.3) is 15.9 Å². The van der Waals surface area contributed by atoms with Crippen molar-refractivity contribution in [2.24, 2.45) is 0 Å². The summed E-state index contributed by atoms with van der Waals surface area (Å²) in [5, 5.41) is 8.89. The molecule has 2 heterocycles. The van der Waals surface area contributed by atoms with Crippen molar-refractivity contribution in [1.82, 2.24) is 20.0 Å². The predicted molar refractivity (Wildman–Crippen MR) is 119 cm³/mol. The van der Waals surface area contributed by atoms with Gasteiger partial charge in [-0.1, -0.05) is 48.5 Å². The Balaban J connectivity index is 1.64. The molecule has 5 nitrogen and oxygen atoms in total. The minimum atomic E-state index is -0.0735. The molecule has 0 saturated heterocycles. The fourth-order valence-corrected chi connectivity index (χ4v) is 4.50. The van der Waals surface area contributed by atoms with Gasteiger partial charge >= 0.3 is 0 Å². The van der Waals surface area contributed by atoms with Gasteiger partial charge in [0, 0.05) is 11.9 Å². The Bertz CT molecular complexity index is 1120. The van der Waals surface area contributed by atoms with E-state index in [4.69, 9.17) is 0 Å². The molecule has 1 amide bonds. The van der Waals surface area contributed by atoms with E-state index in [0.717, 1.165) is 33.7 Å². The second kappa shape index (κ2) is 8.19. The maximum Gasteiger partial charge on any atom is 0.261 e. The van der Waals surface area contributed by atoms with Crippen LogP contribution in [-0.2, 0) is 0 Å².